The van der Waals surface area contributed by atoms with Crippen molar-refractivity contribution in [2.75, 3.05) is 11.9 Å². The number of rotatable bonds is 6. The average molecular weight is 333 g/mol. The first-order chi connectivity index (χ1) is 12.2. The van der Waals surface area contributed by atoms with E-state index >= 15 is 0 Å². The Hall–Kier alpha value is -2.59. The molecule has 25 heavy (non-hydrogen) atoms. The molecule has 1 aromatic heterocycles. The zero-order valence-corrected chi connectivity index (χ0v) is 14.4. The van der Waals surface area contributed by atoms with Gasteiger partial charge in [0, 0.05) is 29.7 Å². The SMILES string of the molecule is CC(N)c1ccc2nc(Oc3ccc(NCC4CC4)cc3)ccc2c1. The van der Waals surface area contributed by atoms with Crippen LogP contribution in [0.4, 0.5) is 5.69 Å². The first-order valence-electron chi connectivity index (χ1n) is 8.85. The normalized spacial score (nSPS) is 15.1. The molecule has 1 saturated carbocycles. The summed E-state index contributed by atoms with van der Waals surface area (Å²) in [6.07, 6.45) is 2.71. The molecular weight excluding hydrogens is 310 g/mol. The maximum absolute atomic E-state index is 5.94. The molecule has 1 heterocycles. The Morgan fingerprint density at radius 1 is 1.12 bits per heavy atom. The van der Waals surface area contributed by atoms with Crippen LogP contribution in [0, 0.1) is 5.92 Å². The number of ether oxygens (including phenoxy) is 1. The summed E-state index contributed by atoms with van der Waals surface area (Å²) in [6, 6.07) is 18.1. The van der Waals surface area contributed by atoms with Gasteiger partial charge in [-0.05, 0) is 73.7 Å². The third kappa shape index (κ3) is 3.91. The van der Waals surface area contributed by atoms with E-state index in [1.54, 1.807) is 0 Å². The number of hydrogen-bond acceptors (Lipinski definition) is 4. The Balaban J connectivity index is 1.46. The Morgan fingerprint density at radius 2 is 1.92 bits per heavy atom. The first-order valence-corrected chi connectivity index (χ1v) is 8.85. The molecule has 3 N–H and O–H groups in total. The number of nitrogens with two attached hydrogens (primary N) is 1. The highest BCUT2D eigenvalue weighted by Crippen LogP contribution is 2.29. The second-order valence-electron chi connectivity index (χ2n) is 6.84. The third-order valence-electron chi connectivity index (χ3n) is 4.58. The van der Waals surface area contributed by atoms with Gasteiger partial charge in [0.1, 0.15) is 5.75 Å². The quantitative estimate of drug-likeness (QED) is 0.676. The maximum Gasteiger partial charge on any atom is 0.219 e. The lowest BCUT2D eigenvalue weighted by molar-refractivity contribution is 0.465. The lowest BCUT2D eigenvalue weighted by Crippen LogP contribution is -2.04. The van der Waals surface area contributed by atoms with Gasteiger partial charge in [-0.3, -0.25) is 0 Å². The summed E-state index contributed by atoms with van der Waals surface area (Å²) >= 11 is 0. The van der Waals surface area contributed by atoms with Gasteiger partial charge in [-0.2, -0.15) is 0 Å². The van der Waals surface area contributed by atoms with Gasteiger partial charge in [0.25, 0.3) is 0 Å². The van der Waals surface area contributed by atoms with E-state index in [1.807, 2.05) is 55.5 Å². The van der Waals surface area contributed by atoms with Crippen molar-refractivity contribution in [3.8, 4) is 11.6 Å². The molecule has 4 heteroatoms. The predicted octanol–water partition coefficient (Wildman–Crippen LogP) is 4.87. The van der Waals surface area contributed by atoms with E-state index in [0.29, 0.717) is 5.88 Å². The summed E-state index contributed by atoms with van der Waals surface area (Å²) in [4.78, 5) is 4.58. The van der Waals surface area contributed by atoms with Gasteiger partial charge in [-0.15, -0.1) is 0 Å². The van der Waals surface area contributed by atoms with Gasteiger partial charge in [0.15, 0.2) is 0 Å². The van der Waals surface area contributed by atoms with Crippen molar-refractivity contribution >= 4 is 16.6 Å². The lowest BCUT2D eigenvalue weighted by Gasteiger charge is -2.10. The van der Waals surface area contributed by atoms with Crippen molar-refractivity contribution in [3.63, 3.8) is 0 Å². The van der Waals surface area contributed by atoms with E-state index in [-0.39, 0.29) is 6.04 Å². The van der Waals surface area contributed by atoms with Gasteiger partial charge in [-0.25, -0.2) is 4.98 Å². The van der Waals surface area contributed by atoms with Crippen LogP contribution in [0.25, 0.3) is 10.9 Å². The molecule has 0 bridgehead atoms. The van der Waals surface area contributed by atoms with E-state index in [1.165, 1.54) is 12.8 Å². The summed E-state index contributed by atoms with van der Waals surface area (Å²) in [6.45, 7) is 3.05. The van der Waals surface area contributed by atoms with Crippen molar-refractivity contribution in [2.24, 2.45) is 11.7 Å². The largest absolute Gasteiger partial charge is 0.439 e. The van der Waals surface area contributed by atoms with E-state index in [9.17, 15) is 0 Å². The van der Waals surface area contributed by atoms with Crippen LogP contribution in [0.3, 0.4) is 0 Å². The fourth-order valence-electron chi connectivity index (χ4n) is 2.81. The lowest BCUT2D eigenvalue weighted by atomic mass is 10.1. The molecule has 1 fully saturated rings. The molecule has 0 radical (unpaired) electrons. The molecule has 4 rings (SSSR count). The summed E-state index contributed by atoms with van der Waals surface area (Å²) in [5.74, 6) is 2.25. The molecule has 3 aromatic rings. The van der Waals surface area contributed by atoms with Crippen molar-refractivity contribution < 1.29 is 4.74 Å². The van der Waals surface area contributed by atoms with Gasteiger partial charge in [0.05, 0.1) is 5.52 Å². The standard InChI is InChI=1S/C21H23N3O/c1-14(22)16-4-10-20-17(12-16)5-11-21(24-20)25-19-8-6-18(7-9-19)23-13-15-2-3-15/h4-12,14-15,23H,2-3,13,22H2,1H3. The smallest absolute Gasteiger partial charge is 0.219 e. The number of anilines is 1. The van der Waals surface area contributed by atoms with Crippen molar-refractivity contribution in [1.29, 1.82) is 0 Å². The molecule has 1 aliphatic rings. The van der Waals surface area contributed by atoms with Crippen LogP contribution < -0.4 is 15.8 Å². The number of nitrogens with one attached hydrogen (secondary N) is 1. The van der Waals surface area contributed by atoms with Gasteiger partial charge in [-0.1, -0.05) is 6.07 Å². The summed E-state index contributed by atoms with van der Waals surface area (Å²) < 4.78 is 5.89. The number of aromatic nitrogens is 1. The second-order valence-corrected chi connectivity index (χ2v) is 6.84. The zero-order valence-electron chi connectivity index (χ0n) is 14.4. The Morgan fingerprint density at radius 3 is 2.64 bits per heavy atom. The van der Waals surface area contributed by atoms with Crippen LogP contribution in [-0.4, -0.2) is 11.5 Å². The molecule has 1 aliphatic carbocycles. The minimum absolute atomic E-state index is 0.0207. The number of nitrogens with zero attached hydrogens (tertiary/aromatic N) is 1. The zero-order chi connectivity index (χ0) is 17.2. The van der Waals surface area contributed by atoms with Crippen LogP contribution in [0.1, 0.15) is 31.4 Å². The molecular formula is C21H23N3O. The Labute approximate surface area is 148 Å². The van der Waals surface area contributed by atoms with E-state index < -0.39 is 0 Å². The van der Waals surface area contributed by atoms with Crippen molar-refractivity contribution in [1.82, 2.24) is 4.98 Å². The van der Waals surface area contributed by atoms with E-state index in [4.69, 9.17) is 10.5 Å². The number of benzene rings is 2. The highest BCUT2D eigenvalue weighted by atomic mass is 16.5. The van der Waals surface area contributed by atoms with Crippen LogP contribution >= 0.6 is 0 Å². The third-order valence-corrected chi connectivity index (χ3v) is 4.58. The minimum Gasteiger partial charge on any atom is -0.439 e. The summed E-state index contributed by atoms with van der Waals surface area (Å²) in [5.41, 5.74) is 9.09. The highest BCUT2D eigenvalue weighted by molar-refractivity contribution is 5.80. The minimum atomic E-state index is 0.0207. The number of hydrogen-bond donors (Lipinski definition) is 2. The number of pyridine rings is 1. The highest BCUT2D eigenvalue weighted by Gasteiger charge is 2.20. The molecule has 0 saturated heterocycles. The monoisotopic (exact) mass is 333 g/mol. The van der Waals surface area contributed by atoms with E-state index in [0.717, 1.165) is 40.4 Å². The van der Waals surface area contributed by atoms with Crippen LogP contribution in [-0.2, 0) is 0 Å². The molecule has 0 amide bonds. The van der Waals surface area contributed by atoms with Gasteiger partial charge < -0.3 is 15.8 Å². The Bertz CT molecular complexity index is 870. The molecule has 2 aromatic carbocycles. The summed E-state index contributed by atoms with van der Waals surface area (Å²) in [7, 11) is 0. The fraction of sp³-hybridized carbons (Fsp3) is 0.286. The predicted molar refractivity (Wildman–Crippen MR) is 102 cm³/mol. The topological polar surface area (TPSA) is 60.2 Å². The second kappa shape index (κ2) is 6.73. The van der Waals surface area contributed by atoms with E-state index in [2.05, 4.69) is 16.4 Å². The molecule has 1 unspecified atom stereocenters. The van der Waals surface area contributed by atoms with Crippen LogP contribution in [0.2, 0.25) is 0 Å². The van der Waals surface area contributed by atoms with Gasteiger partial charge in [0.2, 0.25) is 5.88 Å². The molecule has 1 atom stereocenters. The molecule has 128 valence electrons. The average Bonchev–Trinajstić information content (AvgIpc) is 3.45. The van der Waals surface area contributed by atoms with Crippen molar-refractivity contribution in [3.05, 3.63) is 60.2 Å². The summed E-state index contributed by atoms with van der Waals surface area (Å²) in [5, 5.41) is 4.53. The first kappa shape index (κ1) is 15.9. The maximum atomic E-state index is 5.94. The van der Waals surface area contributed by atoms with Crippen LogP contribution in [0.15, 0.2) is 54.6 Å². The molecule has 0 aliphatic heterocycles. The van der Waals surface area contributed by atoms with Crippen molar-refractivity contribution in [2.45, 2.75) is 25.8 Å². The van der Waals surface area contributed by atoms with Gasteiger partial charge >= 0.3 is 0 Å². The molecule has 4 nitrogen and oxygen atoms in total. The molecule has 0 spiro atoms. The Kier molecular flexibility index (Phi) is 4.28. The fourth-order valence-corrected chi connectivity index (χ4v) is 2.81. The van der Waals surface area contributed by atoms with Crippen LogP contribution in [0.5, 0.6) is 11.6 Å². The number of fused-ring (bicyclic) bond motifs is 1.